The van der Waals surface area contributed by atoms with Crippen molar-refractivity contribution in [2.24, 2.45) is 0 Å². The fourth-order valence-electron chi connectivity index (χ4n) is 4.06. The Morgan fingerprint density at radius 1 is 1.19 bits per heavy atom. The number of carbonyl (C=O) groups excluding carboxylic acids is 1. The Kier molecular flexibility index (Phi) is 7.84. The van der Waals surface area contributed by atoms with Gasteiger partial charge in [-0.1, -0.05) is 18.2 Å². The van der Waals surface area contributed by atoms with Gasteiger partial charge in [0.15, 0.2) is 0 Å². The second-order valence-corrected chi connectivity index (χ2v) is 9.99. The largest absolute Gasteiger partial charge is 0.496 e. The van der Waals surface area contributed by atoms with Gasteiger partial charge in [-0.25, -0.2) is 4.98 Å². The molecule has 1 amide bonds. The second-order valence-electron chi connectivity index (χ2n) is 7.88. The van der Waals surface area contributed by atoms with E-state index in [1.165, 1.54) is 12.8 Å². The lowest BCUT2D eigenvalue weighted by molar-refractivity contribution is 0.0937. The number of thioether (sulfide) groups is 1. The predicted molar refractivity (Wildman–Crippen MR) is 132 cm³/mol. The maximum Gasteiger partial charge on any atom is 0.251 e. The molecular weight excluding hydrogens is 438 g/mol. The molecule has 0 bridgehead atoms. The number of aryl methyl sites for hydroxylation is 1. The minimum absolute atomic E-state index is 0.0456. The molecular formula is C25H29N3O2S2. The van der Waals surface area contributed by atoms with Crippen molar-refractivity contribution in [3.63, 3.8) is 0 Å². The summed E-state index contributed by atoms with van der Waals surface area (Å²) in [5.41, 5.74) is 2.91. The van der Waals surface area contributed by atoms with E-state index in [-0.39, 0.29) is 11.9 Å². The highest BCUT2D eigenvalue weighted by Crippen LogP contribution is 2.31. The fourth-order valence-corrected chi connectivity index (χ4v) is 5.57. The van der Waals surface area contributed by atoms with Gasteiger partial charge in [0.25, 0.3) is 5.91 Å². The Morgan fingerprint density at radius 3 is 2.62 bits per heavy atom. The highest BCUT2D eigenvalue weighted by Gasteiger charge is 2.26. The summed E-state index contributed by atoms with van der Waals surface area (Å²) < 4.78 is 5.60. The first kappa shape index (κ1) is 22.8. The summed E-state index contributed by atoms with van der Waals surface area (Å²) >= 11 is 3.41. The van der Waals surface area contributed by atoms with Crippen LogP contribution in [0.15, 0.2) is 58.8 Å². The van der Waals surface area contributed by atoms with E-state index in [2.05, 4.69) is 26.6 Å². The Balaban J connectivity index is 1.38. The zero-order valence-corrected chi connectivity index (χ0v) is 20.2. The van der Waals surface area contributed by atoms with Gasteiger partial charge in [-0.05, 0) is 63.2 Å². The fraction of sp³-hybridized carbons (Fsp3) is 0.360. The monoisotopic (exact) mass is 467 g/mol. The molecule has 1 N–H and O–H groups in total. The molecule has 0 aliphatic carbocycles. The van der Waals surface area contributed by atoms with E-state index in [0.29, 0.717) is 12.1 Å². The van der Waals surface area contributed by atoms with E-state index < -0.39 is 0 Å². The number of ether oxygens (including phenoxy) is 1. The molecule has 3 aromatic rings. The van der Waals surface area contributed by atoms with Crippen LogP contribution in [0.25, 0.3) is 0 Å². The van der Waals surface area contributed by atoms with Gasteiger partial charge in [-0.2, -0.15) is 0 Å². The summed E-state index contributed by atoms with van der Waals surface area (Å²) in [7, 11) is 1.70. The number of nitrogens with zero attached hydrogens (tertiary/aromatic N) is 2. The molecule has 1 aliphatic rings. The number of rotatable bonds is 9. The van der Waals surface area contributed by atoms with Crippen molar-refractivity contribution in [1.29, 1.82) is 0 Å². The molecule has 4 rings (SSSR count). The first-order valence-corrected chi connectivity index (χ1v) is 12.8. The summed E-state index contributed by atoms with van der Waals surface area (Å²) in [6.07, 6.45) is 2.39. The lowest BCUT2D eigenvalue weighted by atomic mass is 10.0. The third-order valence-corrected chi connectivity index (χ3v) is 7.57. The average Bonchev–Trinajstić information content (AvgIpc) is 3.50. The number of hydrogen-bond acceptors (Lipinski definition) is 6. The van der Waals surface area contributed by atoms with Gasteiger partial charge in [0.2, 0.25) is 0 Å². The quantitative estimate of drug-likeness (QED) is 0.432. The number of aromatic nitrogens is 1. The minimum Gasteiger partial charge on any atom is -0.496 e. The first-order valence-electron chi connectivity index (χ1n) is 10.9. The number of benzene rings is 2. The molecule has 2 aromatic carbocycles. The lowest BCUT2D eigenvalue weighted by Gasteiger charge is -2.29. The predicted octanol–water partition coefficient (Wildman–Crippen LogP) is 5.32. The molecule has 1 aromatic heterocycles. The van der Waals surface area contributed by atoms with Crippen LogP contribution in [0.2, 0.25) is 0 Å². The number of amides is 1. The van der Waals surface area contributed by atoms with Gasteiger partial charge in [0, 0.05) is 33.7 Å². The highest BCUT2D eigenvalue weighted by atomic mass is 32.2. The Hall–Kier alpha value is -2.35. The zero-order chi connectivity index (χ0) is 22.3. The van der Waals surface area contributed by atoms with E-state index >= 15 is 0 Å². The zero-order valence-electron chi connectivity index (χ0n) is 18.5. The number of carbonyl (C=O) groups is 1. The van der Waals surface area contributed by atoms with E-state index in [0.717, 1.165) is 45.8 Å². The molecule has 168 valence electrons. The van der Waals surface area contributed by atoms with Crippen molar-refractivity contribution in [2.45, 2.75) is 36.5 Å². The number of likely N-dealkylation sites (tertiary alicyclic amines) is 1. The van der Waals surface area contributed by atoms with Gasteiger partial charge in [0.1, 0.15) is 5.75 Å². The Labute approximate surface area is 198 Å². The molecule has 1 fully saturated rings. The van der Waals surface area contributed by atoms with E-state index in [9.17, 15) is 4.79 Å². The van der Waals surface area contributed by atoms with Crippen LogP contribution >= 0.6 is 23.1 Å². The molecule has 1 saturated heterocycles. The number of para-hydroxylation sites is 1. The summed E-state index contributed by atoms with van der Waals surface area (Å²) in [4.78, 5) is 20.9. The van der Waals surface area contributed by atoms with Crippen LogP contribution in [0.3, 0.4) is 0 Å². The summed E-state index contributed by atoms with van der Waals surface area (Å²) in [6, 6.07) is 16.0. The van der Waals surface area contributed by atoms with E-state index in [4.69, 9.17) is 4.74 Å². The smallest absolute Gasteiger partial charge is 0.251 e. The molecule has 7 heteroatoms. The minimum atomic E-state index is -0.0456. The van der Waals surface area contributed by atoms with Crippen molar-refractivity contribution in [3.8, 4) is 5.75 Å². The van der Waals surface area contributed by atoms with Crippen LogP contribution in [0.4, 0.5) is 0 Å². The van der Waals surface area contributed by atoms with Gasteiger partial charge in [0.05, 0.1) is 23.9 Å². The van der Waals surface area contributed by atoms with Crippen molar-refractivity contribution < 1.29 is 9.53 Å². The maximum absolute atomic E-state index is 12.9. The van der Waals surface area contributed by atoms with Crippen molar-refractivity contribution >= 4 is 29.0 Å². The molecule has 0 spiro atoms. The van der Waals surface area contributed by atoms with Crippen LogP contribution in [0.1, 0.15) is 45.5 Å². The normalized spacial score (nSPS) is 14.9. The summed E-state index contributed by atoms with van der Waals surface area (Å²) in [5.74, 6) is 1.66. The number of nitrogens with one attached hydrogen (secondary N) is 1. The molecule has 1 atom stereocenters. The Bertz CT molecular complexity index is 1030. The Morgan fingerprint density at radius 2 is 1.94 bits per heavy atom. The van der Waals surface area contributed by atoms with Crippen LogP contribution < -0.4 is 10.1 Å². The third kappa shape index (κ3) is 5.71. The lowest BCUT2D eigenvalue weighted by Crippen LogP contribution is -2.37. The molecule has 1 aliphatic heterocycles. The van der Waals surface area contributed by atoms with Crippen molar-refractivity contribution in [1.82, 2.24) is 15.2 Å². The van der Waals surface area contributed by atoms with Crippen LogP contribution in [0.5, 0.6) is 5.75 Å². The third-order valence-electron chi connectivity index (χ3n) is 5.71. The van der Waals surface area contributed by atoms with Gasteiger partial charge in [-0.3, -0.25) is 9.69 Å². The van der Waals surface area contributed by atoms with Gasteiger partial charge >= 0.3 is 0 Å². The van der Waals surface area contributed by atoms with Gasteiger partial charge in [-0.15, -0.1) is 23.1 Å². The SMILES string of the molecule is COc1ccccc1C(CNC(=O)c1ccc(SCc2csc(C)n2)cc1)N1CCCC1. The summed E-state index contributed by atoms with van der Waals surface area (Å²) in [6.45, 7) is 4.67. The molecule has 1 unspecified atom stereocenters. The first-order chi connectivity index (χ1) is 15.6. The van der Waals surface area contributed by atoms with Gasteiger partial charge < -0.3 is 10.1 Å². The second kappa shape index (κ2) is 11.0. The molecule has 2 heterocycles. The molecule has 0 radical (unpaired) electrons. The number of hydrogen-bond donors (Lipinski definition) is 1. The number of thiazole rings is 1. The standard InChI is InChI=1S/C25H29N3O2S2/c1-18-27-20(16-31-18)17-32-21-11-9-19(10-12-21)25(29)26-15-23(28-13-5-6-14-28)22-7-3-4-8-24(22)30-2/h3-4,7-12,16,23H,5-6,13-15,17H2,1-2H3,(H,26,29). The highest BCUT2D eigenvalue weighted by molar-refractivity contribution is 7.98. The van der Waals surface area contributed by atoms with Crippen molar-refractivity contribution in [3.05, 3.63) is 75.7 Å². The van der Waals surface area contributed by atoms with E-state index in [1.807, 2.05) is 49.4 Å². The van der Waals surface area contributed by atoms with E-state index in [1.54, 1.807) is 30.2 Å². The molecule has 32 heavy (non-hydrogen) atoms. The van der Waals surface area contributed by atoms with Crippen molar-refractivity contribution in [2.75, 3.05) is 26.7 Å². The summed E-state index contributed by atoms with van der Waals surface area (Å²) in [5, 5.41) is 6.34. The van der Waals surface area contributed by atoms with Crippen LogP contribution in [0, 0.1) is 6.92 Å². The molecule has 5 nitrogen and oxygen atoms in total. The number of methoxy groups -OCH3 is 1. The maximum atomic E-state index is 12.9. The topological polar surface area (TPSA) is 54.5 Å². The molecule has 0 saturated carbocycles. The van der Waals surface area contributed by atoms with Crippen LogP contribution in [-0.2, 0) is 5.75 Å². The van der Waals surface area contributed by atoms with Crippen LogP contribution in [-0.4, -0.2) is 42.5 Å². The average molecular weight is 468 g/mol.